The largest absolute Gasteiger partial charge is 0.481 e. The summed E-state index contributed by atoms with van der Waals surface area (Å²) in [5.41, 5.74) is 0.732. The molecular formula is C13H17NO4S. The van der Waals surface area contributed by atoms with Crippen molar-refractivity contribution in [2.24, 2.45) is 0 Å². The lowest BCUT2D eigenvalue weighted by molar-refractivity contribution is -0.138. The lowest BCUT2D eigenvalue weighted by Gasteiger charge is -2.33. The maximum absolute atomic E-state index is 12.1. The molecule has 2 rings (SSSR count). The Labute approximate surface area is 112 Å². The molecule has 1 aromatic carbocycles. The van der Waals surface area contributed by atoms with Crippen LogP contribution in [-0.4, -0.2) is 36.1 Å². The molecule has 0 spiro atoms. The van der Waals surface area contributed by atoms with Crippen molar-refractivity contribution in [3.8, 4) is 0 Å². The molecule has 1 aromatic rings. The van der Waals surface area contributed by atoms with Crippen LogP contribution in [0.2, 0.25) is 0 Å². The van der Waals surface area contributed by atoms with Crippen molar-refractivity contribution in [3.63, 3.8) is 0 Å². The van der Waals surface area contributed by atoms with Crippen LogP contribution in [0.25, 0.3) is 0 Å². The van der Waals surface area contributed by atoms with Gasteiger partial charge in [-0.1, -0.05) is 30.3 Å². The van der Waals surface area contributed by atoms with Gasteiger partial charge >= 0.3 is 5.97 Å². The molecule has 0 amide bonds. The van der Waals surface area contributed by atoms with Crippen LogP contribution in [0, 0.1) is 0 Å². The molecule has 104 valence electrons. The van der Waals surface area contributed by atoms with E-state index in [4.69, 9.17) is 5.11 Å². The van der Waals surface area contributed by atoms with E-state index >= 15 is 0 Å². The van der Waals surface area contributed by atoms with Crippen LogP contribution in [-0.2, 0) is 14.8 Å². The Morgan fingerprint density at radius 1 is 1.26 bits per heavy atom. The van der Waals surface area contributed by atoms with E-state index in [1.807, 2.05) is 6.07 Å². The van der Waals surface area contributed by atoms with E-state index < -0.39 is 22.0 Å². The molecule has 0 aromatic heterocycles. The average Bonchev–Trinajstić information content (AvgIpc) is 2.37. The summed E-state index contributed by atoms with van der Waals surface area (Å²) in [5, 5.41) is 9.02. The van der Waals surface area contributed by atoms with Gasteiger partial charge in [0, 0.05) is 6.54 Å². The Morgan fingerprint density at radius 2 is 1.95 bits per heavy atom. The Kier molecular flexibility index (Phi) is 4.21. The minimum absolute atomic E-state index is 0.107. The number of carboxylic acids is 1. The number of rotatable bonds is 4. The summed E-state index contributed by atoms with van der Waals surface area (Å²) in [6.07, 6.45) is 1.22. The minimum Gasteiger partial charge on any atom is -0.481 e. The van der Waals surface area contributed by atoms with Crippen LogP contribution in [0.5, 0.6) is 0 Å². The van der Waals surface area contributed by atoms with Gasteiger partial charge in [-0.15, -0.1) is 0 Å². The van der Waals surface area contributed by atoms with Gasteiger partial charge in [-0.2, -0.15) is 4.31 Å². The van der Waals surface area contributed by atoms with E-state index in [9.17, 15) is 13.2 Å². The van der Waals surface area contributed by atoms with E-state index in [0.29, 0.717) is 13.0 Å². The first-order valence-corrected chi connectivity index (χ1v) is 7.88. The molecule has 1 N–H and O–H groups in total. The molecule has 1 atom stereocenters. The van der Waals surface area contributed by atoms with Crippen molar-refractivity contribution in [1.82, 2.24) is 4.31 Å². The van der Waals surface area contributed by atoms with Gasteiger partial charge in [0.05, 0.1) is 18.2 Å². The first-order chi connectivity index (χ1) is 9.00. The van der Waals surface area contributed by atoms with Crippen molar-refractivity contribution >= 4 is 16.0 Å². The summed E-state index contributed by atoms with van der Waals surface area (Å²) in [6.45, 7) is 0.398. The van der Waals surface area contributed by atoms with Gasteiger partial charge in [-0.3, -0.25) is 4.79 Å². The van der Waals surface area contributed by atoms with Crippen LogP contribution in [0.4, 0.5) is 0 Å². The van der Waals surface area contributed by atoms with Gasteiger partial charge in [-0.25, -0.2) is 8.42 Å². The van der Waals surface area contributed by atoms with Crippen molar-refractivity contribution in [3.05, 3.63) is 35.9 Å². The van der Waals surface area contributed by atoms with Crippen LogP contribution in [0.1, 0.15) is 30.9 Å². The molecule has 19 heavy (non-hydrogen) atoms. The summed E-state index contributed by atoms with van der Waals surface area (Å²) < 4.78 is 25.6. The molecule has 1 aliphatic heterocycles. The molecule has 1 aliphatic rings. The molecule has 0 saturated carbocycles. The van der Waals surface area contributed by atoms with Gasteiger partial charge < -0.3 is 5.11 Å². The normalized spacial score (nSPS) is 20.8. The Hall–Kier alpha value is -1.40. The molecule has 6 heteroatoms. The number of hydrogen-bond acceptors (Lipinski definition) is 3. The Bertz CT molecular complexity index is 541. The van der Waals surface area contributed by atoms with Crippen molar-refractivity contribution < 1.29 is 18.3 Å². The third-order valence-electron chi connectivity index (χ3n) is 3.29. The first kappa shape index (κ1) is 14.0. The average molecular weight is 283 g/mol. The number of aliphatic carboxylic acids is 1. The number of hydrogen-bond donors (Lipinski definition) is 1. The van der Waals surface area contributed by atoms with Gasteiger partial charge in [0.25, 0.3) is 0 Å². The van der Waals surface area contributed by atoms with E-state index in [2.05, 4.69) is 0 Å². The highest BCUT2D eigenvalue weighted by Gasteiger charge is 2.34. The fourth-order valence-electron chi connectivity index (χ4n) is 2.38. The highest BCUT2D eigenvalue weighted by Crippen LogP contribution is 2.30. The highest BCUT2D eigenvalue weighted by atomic mass is 32.2. The van der Waals surface area contributed by atoms with Crippen LogP contribution >= 0.6 is 0 Å². The summed E-state index contributed by atoms with van der Waals surface area (Å²) in [7, 11) is -3.35. The molecule has 0 aliphatic carbocycles. The monoisotopic (exact) mass is 283 g/mol. The Morgan fingerprint density at radius 3 is 2.53 bits per heavy atom. The molecule has 1 heterocycles. The zero-order valence-corrected chi connectivity index (χ0v) is 11.3. The summed E-state index contributed by atoms with van der Waals surface area (Å²) in [4.78, 5) is 11.0. The number of carboxylic acid groups (broad SMARTS) is 1. The maximum atomic E-state index is 12.1. The van der Waals surface area contributed by atoms with Gasteiger partial charge in [0.1, 0.15) is 0 Å². The fourth-order valence-corrected chi connectivity index (χ4v) is 4.18. The number of benzene rings is 1. The second kappa shape index (κ2) is 5.71. The minimum atomic E-state index is -3.35. The van der Waals surface area contributed by atoms with Crippen molar-refractivity contribution in [1.29, 1.82) is 0 Å². The van der Waals surface area contributed by atoms with E-state index in [1.165, 1.54) is 4.31 Å². The summed E-state index contributed by atoms with van der Waals surface area (Å²) >= 11 is 0. The smallest absolute Gasteiger partial charge is 0.305 e. The van der Waals surface area contributed by atoms with Crippen molar-refractivity contribution in [2.75, 3.05) is 12.3 Å². The molecule has 1 unspecified atom stereocenters. The van der Waals surface area contributed by atoms with Gasteiger partial charge in [0.15, 0.2) is 0 Å². The predicted molar refractivity (Wildman–Crippen MR) is 71.2 cm³/mol. The summed E-state index contributed by atoms with van der Waals surface area (Å²) in [5.74, 6) is -0.884. The number of nitrogens with zero attached hydrogens (tertiary/aromatic N) is 1. The second-order valence-corrected chi connectivity index (χ2v) is 6.70. The van der Waals surface area contributed by atoms with E-state index in [-0.39, 0.29) is 12.2 Å². The number of sulfonamides is 1. The molecule has 1 fully saturated rings. The third kappa shape index (κ3) is 3.33. The van der Waals surface area contributed by atoms with Crippen molar-refractivity contribution in [2.45, 2.75) is 25.3 Å². The first-order valence-electron chi connectivity index (χ1n) is 6.27. The molecule has 0 radical (unpaired) electrons. The Balaban J connectivity index is 2.35. The van der Waals surface area contributed by atoms with Crippen LogP contribution in [0.15, 0.2) is 30.3 Å². The van der Waals surface area contributed by atoms with Crippen LogP contribution in [0.3, 0.4) is 0 Å². The maximum Gasteiger partial charge on any atom is 0.305 e. The van der Waals surface area contributed by atoms with E-state index in [1.54, 1.807) is 24.3 Å². The zero-order chi connectivity index (χ0) is 13.9. The van der Waals surface area contributed by atoms with Crippen LogP contribution < -0.4 is 0 Å². The highest BCUT2D eigenvalue weighted by molar-refractivity contribution is 7.89. The van der Waals surface area contributed by atoms with E-state index in [0.717, 1.165) is 12.0 Å². The zero-order valence-electron chi connectivity index (χ0n) is 10.5. The lowest BCUT2D eigenvalue weighted by atomic mass is 10.0. The second-order valence-electron chi connectivity index (χ2n) is 4.66. The van der Waals surface area contributed by atoms with Gasteiger partial charge in [-0.05, 0) is 18.4 Å². The number of carbonyl (C=O) groups is 1. The third-order valence-corrected chi connectivity index (χ3v) is 5.24. The standard InChI is InChI=1S/C13H17NO4S/c15-13(16)10-12(11-6-2-1-3-7-11)14-8-4-5-9-19(14,17)18/h1-3,6-7,12H,4-5,8-10H2,(H,15,16). The predicted octanol–water partition coefficient (Wildman–Crippen LogP) is 1.63. The molecule has 5 nitrogen and oxygen atoms in total. The van der Waals surface area contributed by atoms with Gasteiger partial charge in [0.2, 0.25) is 10.0 Å². The summed E-state index contributed by atoms with van der Waals surface area (Å²) in [6, 6.07) is 8.35. The SMILES string of the molecule is O=C(O)CC(c1ccccc1)N1CCCCS1(=O)=O. The topological polar surface area (TPSA) is 74.7 Å². The molecule has 0 bridgehead atoms. The lowest BCUT2D eigenvalue weighted by Crippen LogP contribution is -2.41. The molecule has 1 saturated heterocycles. The quantitative estimate of drug-likeness (QED) is 0.911. The fraction of sp³-hybridized carbons (Fsp3) is 0.462. The molecular weight excluding hydrogens is 266 g/mol.